The molecule has 0 fully saturated rings. The lowest BCUT2D eigenvalue weighted by Gasteiger charge is -2.09. The van der Waals surface area contributed by atoms with Crippen LogP contribution in [0.1, 0.15) is 57.9 Å². The highest BCUT2D eigenvalue weighted by Crippen LogP contribution is 2.30. The molecule has 0 heterocycles. The molecule has 1 rings (SSSR count). The lowest BCUT2D eigenvalue weighted by molar-refractivity contribution is -0.137. The summed E-state index contributed by atoms with van der Waals surface area (Å²) in [4.78, 5) is 39.8. The number of anilines is 1. The first kappa shape index (κ1) is 25.1. The van der Waals surface area contributed by atoms with Gasteiger partial charge in [0, 0.05) is 19.2 Å². The molecule has 166 valence electrons. The van der Waals surface area contributed by atoms with E-state index in [9.17, 15) is 27.6 Å². The molecule has 1 aromatic carbocycles. The fourth-order valence-electron chi connectivity index (χ4n) is 2.46. The van der Waals surface area contributed by atoms with Gasteiger partial charge in [0.25, 0.3) is 5.91 Å². The Morgan fingerprint density at radius 1 is 1.07 bits per heavy atom. The first-order chi connectivity index (χ1) is 14.1. The van der Waals surface area contributed by atoms with Gasteiger partial charge in [-0.05, 0) is 24.6 Å². The summed E-state index contributed by atoms with van der Waals surface area (Å²) >= 11 is 0. The molecular formula is C20H26F3N3O4. The summed E-state index contributed by atoms with van der Waals surface area (Å²) in [6.07, 6.45) is 0.326. The maximum absolute atomic E-state index is 12.7. The molecule has 0 bridgehead atoms. The van der Waals surface area contributed by atoms with Crippen molar-refractivity contribution in [2.45, 2.75) is 58.5 Å². The van der Waals surface area contributed by atoms with Gasteiger partial charge in [-0.15, -0.1) is 0 Å². The maximum Gasteiger partial charge on any atom is 0.437 e. The molecule has 0 aliphatic rings. The number of Topliss-reactive ketones (excluding diaryl/α,β-unsaturated/α-hetero) is 1. The Morgan fingerprint density at radius 2 is 1.73 bits per heavy atom. The number of carbonyl (C=O) groups excluding carboxylic acids is 3. The van der Waals surface area contributed by atoms with Gasteiger partial charge in [0.05, 0.1) is 5.56 Å². The van der Waals surface area contributed by atoms with Crippen LogP contribution in [0.2, 0.25) is 0 Å². The van der Waals surface area contributed by atoms with Gasteiger partial charge >= 0.3 is 12.3 Å². The fourth-order valence-corrected chi connectivity index (χ4v) is 2.46. The van der Waals surface area contributed by atoms with E-state index in [1.807, 2.05) is 0 Å². The number of ketones is 1. The Kier molecular flexibility index (Phi) is 10.6. The lowest BCUT2D eigenvalue weighted by Crippen LogP contribution is -2.36. The van der Waals surface area contributed by atoms with Gasteiger partial charge in [-0.2, -0.15) is 13.2 Å². The fraction of sp³-hybridized carbons (Fsp3) is 0.500. The monoisotopic (exact) mass is 429 g/mol. The van der Waals surface area contributed by atoms with Gasteiger partial charge in [-0.3, -0.25) is 19.7 Å². The van der Waals surface area contributed by atoms with Crippen LogP contribution >= 0.6 is 0 Å². The standard InChI is InChI=1S/C20H26F3N3O4/c1-3-4-5-6-7-8-12-24-18(28)17(14(2)27)26-30-19(29)25-16-11-9-10-15(13-16)20(21,22)23/h9-11,13H,3-8,12H2,1-2H3,(H,24,28)(H,25,29). The van der Waals surface area contributed by atoms with E-state index < -0.39 is 35.2 Å². The van der Waals surface area contributed by atoms with E-state index in [1.165, 1.54) is 6.07 Å². The number of hydrogen-bond acceptors (Lipinski definition) is 5. The van der Waals surface area contributed by atoms with Crippen LogP contribution in [0.25, 0.3) is 0 Å². The Labute approximate surface area is 173 Å². The van der Waals surface area contributed by atoms with Crippen molar-refractivity contribution in [2.24, 2.45) is 5.16 Å². The minimum Gasteiger partial charge on any atom is -0.350 e. The van der Waals surface area contributed by atoms with Crippen molar-refractivity contribution in [1.82, 2.24) is 5.32 Å². The Balaban J connectivity index is 2.56. The van der Waals surface area contributed by atoms with E-state index in [0.29, 0.717) is 12.6 Å². The summed E-state index contributed by atoms with van der Waals surface area (Å²) in [6.45, 7) is 3.54. The van der Waals surface area contributed by atoms with E-state index in [1.54, 1.807) is 0 Å². The van der Waals surface area contributed by atoms with Gasteiger partial charge in [-0.25, -0.2) is 4.79 Å². The minimum absolute atomic E-state index is 0.179. The largest absolute Gasteiger partial charge is 0.437 e. The predicted molar refractivity (Wildman–Crippen MR) is 106 cm³/mol. The number of rotatable bonds is 11. The van der Waals surface area contributed by atoms with E-state index in [4.69, 9.17) is 0 Å². The van der Waals surface area contributed by atoms with Crippen LogP contribution in [0.3, 0.4) is 0 Å². The summed E-state index contributed by atoms with van der Waals surface area (Å²) in [5, 5.41) is 7.83. The number of nitrogens with zero attached hydrogens (tertiary/aromatic N) is 1. The van der Waals surface area contributed by atoms with Crippen molar-refractivity contribution >= 4 is 29.2 Å². The quantitative estimate of drug-likeness (QED) is 0.176. The molecule has 0 spiro atoms. The first-order valence-corrected chi connectivity index (χ1v) is 9.67. The summed E-state index contributed by atoms with van der Waals surface area (Å²) < 4.78 is 38.1. The number of nitrogens with one attached hydrogen (secondary N) is 2. The third-order valence-electron chi connectivity index (χ3n) is 4.02. The number of carbonyl (C=O) groups is 3. The van der Waals surface area contributed by atoms with Crippen LogP contribution in [-0.2, 0) is 20.6 Å². The Bertz CT molecular complexity index is 764. The van der Waals surface area contributed by atoms with Gasteiger partial charge in [0.1, 0.15) is 0 Å². The number of hydrogen-bond donors (Lipinski definition) is 2. The molecule has 10 heteroatoms. The van der Waals surface area contributed by atoms with Crippen molar-refractivity contribution in [1.29, 1.82) is 0 Å². The van der Waals surface area contributed by atoms with E-state index in [2.05, 4.69) is 27.6 Å². The second kappa shape index (κ2) is 12.6. The molecular weight excluding hydrogens is 403 g/mol. The highest BCUT2D eigenvalue weighted by molar-refractivity contribution is 6.65. The normalized spacial score (nSPS) is 11.7. The molecule has 0 aliphatic heterocycles. The molecule has 0 saturated heterocycles. The zero-order valence-electron chi connectivity index (χ0n) is 17.0. The first-order valence-electron chi connectivity index (χ1n) is 9.67. The number of benzene rings is 1. The highest BCUT2D eigenvalue weighted by atomic mass is 19.4. The SMILES string of the molecule is CCCCCCCCNC(=O)C(=NOC(=O)Nc1cccc(C(F)(F)F)c1)C(C)=O. The maximum atomic E-state index is 12.7. The number of alkyl halides is 3. The highest BCUT2D eigenvalue weighted by Gasteiger charge is 2.30. The molecule has 0 atom stereocenters. The van der Waals surface area contributed by atoms with Gasteiger partial charge in [0.15, 0.2) is 5.78 Å². The molecule has 0 radical (unpaired) electrons. The van der Waals surface area contributed by atoms with E-state index in [0.717, 1.165) is 57.6 Å². The van der Waals surface area contributed by atoms with Crippen molar-refractivity contribution in [3.05, 3.63) is 29.8 Å². The lowest BCUT2D eigenvalue weighted by atomic mass is 10.1. The molecule has 2 N–H and O–H groups in total. The second-order valence-electron chi connectivity index (χ2n) is 6.60. The number of oxime groups is 1. The van der Waals surface area contributed by atoms with Gasteiger partial charge in [0.2, 0.25) is 5.71 Å². The third kappa shape index (κ3) is 9.53. The van der Waals surface area contributed by atoms with Crippen LogP contribution in [0.15, 0.2) is 29.4 Å². The molecule has 1 aromatic rings. The molecule has 0 unspecified atom stereocenters. The zero-order chi connectivity index (χ0) is 22.6. The molecule has 0 aromatic heterocycles. The summed E-state index contributed by atoms with van der Waals surface area (Å²) in [7, 11) is 0. The summed E-state index contributed by atoms with van der Waals surface area (Å²) in [5.41, 5.74) is -1.75. The second-order valence-corrected chi connectivity index (χ2v) is 6.60. The number of unbranched alkanes of at least 4 members (excludes halogenated alkanes) is 5. The van der Waals surface area contributed by atoms with Gasteiger partial charge < -0.3 is 5.32 Å². The molecule has 7 nitrogen and oxygen atoms in total. The molecule has 0 saturated carbocycles. The van der Waals surface area contributed by atoms with Crippen molar-refractivity contribution in [2.75, 3.05) is 11.9 Å². The number of halogens is 3. The summed E-state index contributed by atoms with van der Waals surface area (Å²) in [5.74, 6) is -1.51. The number of amides is 2. The predicted octanol–water partition coefficient (Wildman–Crippen LogP) is 4.68. The Hall–Kier alpha value is -2.91. The summed E-state index contributed by atoms with van der Waals surface area (Å²) in [6, 6.07) is 3.89. The third-order valence-corrected chi connectivity index (χ3v) is 4.02. The van der Waals surface area contributed by atoms with Crippen LogP contribution < -0.4 is 10.6 Å². The van der Waals surface area contributed by atoms with Crippen molar-refractivity contribution in [3.63, 3.8) is 0 Å². The average Bonchev–Trinajstić information content (AvgIpc) is 2.66. The van der Waals surface area contributed by atoms with Crippen molar-refractivity contribution in [3.8, 4) is 0 Å². The molecule has 2 amide bonds. The van der Waals surface area contributed by atoms with Crippen LogP contribution in [-0.4, -0.2) is 30.0 Å². The van der Waals surface area contributed by atoms with Crippen LogP contribution in [0.5, 0.6) is 0 Å². The van der Waals surface area contributed by atoms with Crippen molar-refractivity contribution < 1.29 is 32.4 Å². The van der Waals surface area contributed by atoms with E-state index in [-0.39, 0.29) is 5.69 Å². The smallest absolute Gasteiger partial charge is 0.350 e. The Morgan fingerprint density at radius 3 is 2.37 bits per heavy atom. The van der Waals surface area contributed by atoms with Crippen LogP contribution in [0, 0.1) is 0 Å². The molecule has 30 heavy (non-hydrogen) atoms. The van der Waals surface area contributed by atoms with Crippen LogP contribution in [0.4, 0.5) is 23.7 Å². The van der Waals surface area contributed by atoms with E-state index >= 15 is 0 Å². The topological polar surface area (TPSA) is 96.9 Å². The molecule has 0 aliphatic carbocycles. The van der Waals surface area contributed by atoms with Gasteiger partial charge in [-0.1, -0.05) is 50.2 Å². The minimum atomic E-state index is -4.57. The zero-order valence-corrected chi connectivity index (χ0v) is 17.0. The average molecular weight is 429 g/mol.